The highest BCUT2D eigenvalue weighted by atomic mass is 35.5. The topological polar surface area (TPSA) is 128 Å². The van der Waals surface area contributed by atoms with Crippen LogP contribution in [0, 0.1) is 0 Å². The molecule has 0 bridgehead atoms. The number of anilines is 2. The minimum absolute atomic E-state index is 0. The molecule has 0 saturated carbocycles. The van der Waals surface area contributed by atoms with Gasteiger partial charge in [-0.05, 0) is 48.5 Å². The molecule has 4 aromatic rings. The van der Waals surface area contributed by atoms with Gasteiger partial charge in [-0.3, -0.25) is 9.59 Å². The number of alkyl halides is 3. The van der Waals surface area contributed by atoms with Crippen LogP contribution in [0.2, 0.25) is 5.02 Å². The van der Waals surface area contributed by atoms with E-state index in [1.807, 2.05) is 17.0 Å². The number of sulfonamides is 1. The lowest BCUT2D eigenvalue weighted by atomic mass is 9.86. The van der Waals surface area contributed by atoms with E-state index in [0.717, 1.165) is 24.0 Å². The molecule has 18 heteroatoms. The van der Waals surface area contributed by atoms with Gasteiger partial charge in [0.2, 0.25) is 11.5 Å². The molecule has 52 heavy (non-hydrogen) atoms. The Morgan fingerprint density at radius 1 is 0.904 bits per heavy atom. The van der Waals surface area contributed by atoms with Crippen LogP contribution < -0.4 is 23.4 Å². The van der Waals surface area contributed by atoms with E-state index in [4.69, 9.17) is 25.8 Å². The number of piperazine rings is 1. The first-order valence-electron chi connectivity index (χ1n) is 15.3. The fourth-order valence-electron chi connectivity index (χ4n) is 6.10. The van der Waals surface area contributed by atoms with E-state index in [9.17, 15) is 31.2 Å². The quantitative estimate of drug-likeness (QED) is 0.206. The van der Waals surface area contributed by atoms with Crippen LogP contribution in [-0.4, -0.2) is 83.5 Å². The summed E-state index contributed by atoms with van der Waals surface area (Å²) in [5, 5.41) is 0.0752. The van der Waals surface area contributed by atoms with Gasteiger partial charge in [-0.2, -0.15) is 4.31 Å². The Labute approximate surface area is 308 Å². The van der Waals surface area contributed by atoms with Crippen molar-refractivity contribution < 1.29 is 50.1 Å². The first-order valence-corrected chi connectivity index (χ1v) is 17.2. The summed E-state index contributed by atoms with van der Waals surface area (Å²) in [5.74, 6) is -2.19. The van der Waals surface area contributed by atoms with Crippen LogP contribution in [0.15, 0.2) is 90.0 Å². The van der Waals surface area contributed by atoms with E-state index in [1.54, 1.807) is 29.3 Å². The van der Waals surface area contributed by atoms with Crippen LogP contribution in [0.3, 0.4) is 0 Å². The largest absolute Gasteiger partial charge is 0.573 e. The van der Waals surface area contributed by atoms with Gasteiger partial charge in [0.15, 0.2) is 5.75 Å². The van der Waals surface area contributed by atoms with Gasteiger partial charge in [0.1, 0.15) is 28.8 Å². The molecule has 3 heterocycles. The maximum atomic E-state index is 14.9. The van der Waals surface area contributed by atoms with Crippen LogP contribution in [0.1, 0.15) is 11.1 Å². The van der Waals surface area contributed by atoms with E-state index in [-0.39, 0.29) is 45.7 Å². The van der Waals surface area contributed by atoms with Crippen molar-refractivity contribution in [2.75, 3.05) is 56.2 Å². The molecule has 1 fully saturated rings. The minimum Gasteiger partial charge on any atom is -0.497 e. The average molecular weight is 784 g/mol. The van der Waals surface area contributed by atoms with Gasteiger partial charge in [0, 0.05) is 54.6 Å². The molecule has 2 aliphatic rings. The molecule has 1 saturated heterocycles. The molecule has 12 nitrogen and oxygen atoms in total. The molecule has 1 aromatic heterocycles. The number of benzene rings is 3. The number of hydrogen-bond acceptors (Lipinski definition) is 10. The number of carbonyl (C=O) groups excluding carboxylic acids is 2. The van der Waals surface area contributed by atoms with Crippen LogP contribution >= 0.6 is 24.0 Å². The van der Waals surface area contributed by atoms with Gasteiger partial charge >= 0.3 is 6.36 Å². The number of carbonyl (C=O) groups is 2. The number of para-hydroxylation sites is 1. The summed E-state index contributed by atoms with van der Waals surface area (Å²) < 4.78 is 90.7. The Morgan fingerprint density at radius 3 is 2.27 bits per heavy atom. The molecule has 6 rings (SSSR count). The molecular weight excluding hydrogens is 752 g/mol. The van der Waals surface area contributed by atoms with Crippen molar-refractivity contribution in [1.82, 2.24) is 9.88 Å². The summed E-state index contributed by atoms with van der Waals surface area (Å²) in [6.45, 7) is 0.841. The molecule has 2 aliphatic heterocycles. The molecule has 276 valence electrons. The number of rotatable bonds is 10. The summed E-state index contributed by atoms with van der Waals surface area (Å²) >= 11 is 6.41. The second-order valence-corrected chi connectivity index (χ2v) is 13.5. The van der Waals surface area contributed by atoms with E-state index < -0.39 is 51.1 Å². The summed E-state index contributed by atoms with van der Waals surface area (Å²) in [7, 11) is -2.70. The molecule has 2 amide bonds. The third kappa shape index (κ3) is 7.15. The van der Waals surface area contributed by atoms with Gasteiger partial charge in [0.25, 0.3) is 15.9 Å². The number of hydrogen-bond donors (Lipinski definition) is 0. The predicted molar refractivity (Wildman–Crippen MR) is 186 cm³/mol. The maximum absolute atomic E-state index is 14.9. The molecular formula is C34H31Cl2F3N4O8S. The Bertz CT molecular complexity index is 2070. The highest BCUT2D eigenvalue weighted by molar-refractivity contribution is 7.93. The van der Waals surface area contributed by atoms with Crippen molar-refractivity contribution in [2.24, 2.45) is 0 Å². The lowest BCUT2D eigenvalue weighted by molar-refractivity contribution is -0.275. The number of pyridine rings is 1. The first-order chi connectivity index (χ1) is 24.3. The van der Waals surface area contributed by atoms with Crippen molar-refractivity contribution in [1.29, 1.82) is 0 Å². The van der Waals surface area contributed by atoms with Gasteiger partial charge < -0.3 is 28.7 Å². The molecule has 1 atom stereocenters. The Morgan fingerprint density at radius 2 is 1.62 bits per heavy atom. The first kappa shape index (κ1) is 38.5. The summed E-state index contributed by atoms with van der Waals surface area (Å²) in [6, 6.07) is 18.1. The Kier molecular flexibility index (Phi) is 11.1. The van der Waals surface area contributed by atoms with E-state index in [0.29, 0.717) is 30.5 Å². The number of amides is 2. The number of nitrogens with zero attached hydrogens (tertiary/aromatic N) is 4. The number of fused-ring (bicyclic) bond motifs is 1. The predicted octanol–water partition coefficient (Wildman–Crippen LogP) is 5.42. The lowest BCUT2D eigenvalue weighted by Crippen LogP contribution is -2.51. The van der Waals surface area contributed by atoms with Crippen molar-refractivity contribution >= 4 is 57.4 Å². The molecule has 0 aliphatic carbocycles. The van der Waals surface area contributed by atoms with Crippen LogP contribution in [0.4, 0.5) is 24.7 Å². The number of ether oxygens (including phenoxy) is 4. The maximum Gasteiger partial charge on any atom is 0.573 e. The van der Waals surface area contributed by atoms with Gasteiger partial charge in [-0.1, -0.05) is 35.9 Å². The monoisotopic (exact) mass is 782 g/mol. The molecule has 0 radical (unpaired) electrons. The van der Waals surface area contributed by atoms with Crippen LogP contribution in [-0.2, 0) is 30.0 Å². The normalized spacial score (nSPS) is 17.3. The molecule has 1 unspecified atom stereocenters. The standard InChI is InChI=1S/C34H30ClF3N4O8S.ClH/c1-47-23-11-13-29(28(20-23)50-34(36,37)38)51(45,46)42-26-12-10-22(35)19-25(26)33(32(42)44,24-7-3-4-8-27(24)48-2)49-21-31(43)41-17-15-40(16-18-41)30-9-5-6-14-39-30;/h3-14,19-20H,15-18,21H2,1-2H3;1H. The van der Waals surface area contributed by atoms with Crippen molar-refractivity contribution in [3.63, 3.8) is 0 Å². The summed E-state index contributed by atoms with van der Waals surface area (Å²) in [4.78, 5) is 35.5. The number of aromatic nitrogens is 1. The number of methoxy groups -OCH3 is 2. The van der Waals surface area contributed by atoms with Crippen LogP contribution in [0.25, 0.3) is 0 Å². The van der Waals surface area contributed by atoms with Gasteiger partial charge in [-0.25, -0.2) is 13.4 Å². The van der Waals surface area contributed by atoms with Gasteiger partial charge in [0.05, 0.1) is 19.9 Å². The minimum atomic E-state index is -5.30. The van der Waals surface area contributed by atoms with E-state index in [2.05, 4.69) is 9.72 Å². The molecule has 0 N–H and O–H groups in total. The second-order valence-electron chi connectivity index (χ2n) is 11.3. The lowest BCUT2D eigenvalue weighted by Gasteiger charge is -2.36. The zero-order valence-corrected chi connectivity index (χ0v) is 29.9. The van der Waals surface area contributed by atoms with Crippen molar-refractivity contribution in [3.05, 3.63) is 101 Å². The highest BCUT2D eigenvalue weighted by Gasteiger charge is 2.59. The molecule has 0 spiro atoms. The van der Waals surface area contributed by atoms with E-state index >= 15 is 0 Å². The smallest absolute Gasteiger partial charge is 0.497 e. The highest BCUT2D eigenvalue weighted by Crippen LogP contribution is 2.52. The van der Waals surface area contributed by atoms with E-state index in [1.165, 1.54) is 44.6 Å². The zero-order chi connectivity index (χ0) is 36.6. The van der Waals surface area contributed by atoms with Gasteiger partial charge in [-0.15, -0.1) is 25.6 Å². The Hall–Kier alpha value is -4.77. The third-order valence-corrected chi connectivity index (χ3v) is 10.4. The van der Waals surface area contributed by atoms with Crippen LogP contribution in [0.5, 0.6) is 17.2 Å². The third-order valence-electron chi connectivity index (χ3n) is 8.44. The van der Waals surface area contributed by atoms with Crippen molar-refractivity contribution in [3.8, 4) is 17.2 Å². The summed E-state index contributed by atoms with van der Waals surface area (Å²) in [6.07, 6.45) is -3.63. The fraction of sp³-hybridized carbons (Fsp3) is 0.265. The second kappa shape index (κ2) is 15.1. The SMILES string of the molecule is COc1ccc(S(=O)(=O)N2C(=O)C(OCC(=O)N3CCN(c4ccccn4)CC3)(c3ccccc3OC)c3cc(Cl)ccc32)c(OC(F)(F)F)c1.Cl. The zero-order valence-electron chi connectivity index (χ0n) is 27.5. The van der Waals surface area contributed by atoms with Crippen molar-refractivity contribution in [2.45, 2.75) is 16.9 Å². The average Bonchev–Trinajstić information content (AvgIpc) is 3.37. The number of halogens is 5. The molecule has 3 aromatic carbocycles. The fourth-order valence-corrected chi connectivity index (χ4v) is 7.83. The summed E-state index contributed by atoms with van der Waals surface area (Å²) in [5.41, 5.74) is -2.72. The Balaban J connectivity index is 0.00000523.